The fourth-order valence-electron chi connectivity index (χ4n) is 2.22. The summed E-state index contributed by atoms with van der Waals surface area (Å²) in [7, 11) is 1.61. The number of benzene rings is 2. The topological polar surface area (TPSA) is 100 Å². The van der Waals surface area contributed by atoms with Crippen LogP contribution in [0.3, 0.4) is 0 Å². The molecular formula is C19H18N4O3S2. The first kappa shape index (κ1) is 19.9. The van der Waals surface area contributed by atoms with Crippen LogP contribution in [0.5, 0.6) is 11.5 Å². The van der Waals surface area contributed by atoms with Gasteiger partial charge in [-0.25, -0.2) is 0 Å². The van der Waals surface area contributed by atoms with E-state index >= 15 is 0 Å². The zero-order valence-electron chi connectivity index (χ0n) is 15.0. The number of nitriles is 1. The fourth-order valence-corrected chi connectivity index (χ4v) is 3.91. The van der Waals surface area contributed by atoms with Crippen LogP contribution in [0.15, 0.2) is 52.9 Å². The SMILES string of the molecule is COc1ccccc1Nc1nnc(SCC(O)COc2ccc(C#N)cc2)s1. The summed E-state index contributed by atoms with van der Waals surface area (Å²) in [5.74, 6) is 1.77. The molecule has 28 heavy (non-hydrogen) atoms. The van der Waals surface area contributed by atoms with E-state index in [0.29, 0.717) is 22.2 Å². The van der Waals surface area contributed by atoms with Gasteiger partial charge in [0.25, 0.3) is 0 Å². The van der Waals surface area contributed by atoms with Gasteiger partial charge in [-0.2, -0.15) is 5.26 Å². The molecule has 0 amide bonds. The number of methoxy groups -OCH3 is 1. The first-order valence-corrected chi connectivity index (χ1v) is 10.2. The van der Waals surface area contributed by atoms with Crippen LogP contribution in [-0.2, 0) is 0 Å². The van der Waals surface area contributed by atoms with Crippen LogP contribution in [0.1, 0.15) is 5.56 Å². The lowest BCUT2D eigenvalue weighted by atomic mass is 10.2. The summed E-state index contributed by atoms with van der Waals surface area (Å²) in [6.07, 6.45) is -0.657. The number of rotatable bonds is 9. The van der Waals surface area contributed by atoms with Crippen molar-refractivity contribution >= 4 is 33.9 Å². The molecule has 0 saturated carbocycles. The van der Waals surface area contributed by atoms with E-state index in [1.165, 1.54) is 23.1 Å². The molecule has 0 fully saturated rings. The van der Waals surface area contributed by atoms with Crippen molar-refractivity contribution in [3.05, 3.63) is 54.1 Å². The monoisotopic (exact) mass is 414 g/mol. The number of aliphatic hydroxyl groups excluding tert-OH is 1. The predicted molar refractivity (Wildman–Crippen MR) is 110 cm³/mol. The van der Waals surface area contributed by atoms with Crippen molar-refractivity contribution in [2.75, 3.05) is 24.8 Å². The number of thioether (sulfide) groups is 1. The van der Waals surface area contributed by atoms with Crippen molar-refractivity contribution < 1.29 is 14.6 Å². The Hall–Kier alpha value is -2.80. The smallest absolute Gasteiger partial charge is 0.210 e. The number of aromatic nitrogens is 2. The van der Waals surface area contributed by atoms with Crippen LogP contribution >= 0.6 is 23.1 Å². The minimum absolute atomic E-state index is 0.157. The summed E-state index contributed by atoms with van der Waals surface area (Å²) in [6, 6.07) is 16.4. The van der Waals surface area contributed by atoms with Gasteiger partial charge >= 0.3 is 0 Å². The van der Waals surface area contributed by atoms with E-state index in [1.54, 1.807) is 31.4 Å². The lowest BCUT2D eigenvalue weighted by molar-refractivity contribution is 0.126. The third kappa shape index (κ3) is 5.60. The van der Waals surface area contributed by atoms with Crippen molar-refractivity contribution in [3.8, 4) is 17.6 Å². The molecule has 144 valence electrons. The van der Waals surface area contributed by atoms with Crippen LogP contribution in [0.2, 0.25) is 0 Å². The maximum atomic E-state index is 10.1. The molecule has 0 aliphatic rings. The Balaban J connectivity index is 1.46. The van der Waals surface area contributed by atoms with Crippen LogP contribution in [0.25, 0.3) is 0 Å². The Bertz CT molecular complexity index is 941. The van der Waals surface area contributed by atoms with Gasteiger partial charge in [0.05, 0.1) is 30.5 Å². The number of anilines is 2. The van der Waals surface area contributed by atoms with E-state index in [4.69, 9.17) is 14.7 Å². The molecule has 1 aromatic heterocycles. The molecule has 3 aromatic rings. The summed E-state index contributed by atoms with van der Waals surface area (Å²) >= 11 is 2.81. The maximum Gasteiger partial charge on any atom is 0.210 e. The molecule has 0 bridgehead atoms. The van der Waals surface area contributed by atoms with Crippen molar-refractivity contribution in [1.82, 2.24) is 10.2 Å². The Labute approximate surface area is 171 Å². The normalized spacial score (nSPS) is 11.5. The van der Waals surface area contributed by atoms with Gasteiger partial charge in [0.1, 0.15) is 18.1 Å². The highest BCUT2D eigenvalue weighted by Crippen LogP contribution is 2.31. The zero-order chi connectivity index (χ0) is 19.8. The molecule has 2 N–H and O–H groups in total. The molecule has 0 saturated heterocycles. The van der Waals surface area contributed by atoms with E-state index in [1.807, 2.05) is 30.3 Å². The van der Waals surface area contributed by atoms with E-state index in [9.17, 15) is 5.11 Å². The third-order valence-electron chi connectivity index (χ3n) is 3.58. The van der Waals surface area contributed by atoms with Crippen LogP contribution in [-0.4, -0.2) is 40.9 Å². The lowest BCUT2D eigenvalue weighted by Crippen LogP contribution is -2.20. The number of hydrogen-bond acceptors (Lipinski definition) is 9. The fraction of sp³-hybridized carbons (Fsp3) is 0.211. The van der Waals surface area contributed by atoms with Gasteiger partial charge in [0.15, 0.2) is 4.34 Å². The molecule has 7 nitrogen and oxygen atoms in total. The third-order valence-corrected chi connectivity index (χ3v) is 5.70. The molecule has 1 heterocycles. The van der Waals surface area contributed by atoms with Crippen molar-refractivity contribution in [1.29, 1.82) is 5.26 Å². The quantitative estimate of drug-likeness (QED) is 0.511. The van der Waals surface area contributed by atoms with Gasteiger partial charge < -0.3 is 19.9 Å². The highest BCUT2D eigenvalue weighted by Gasteiger charge is 2.11. The molecule has 9 heteroatoms. The first-order valence-electron chi connectivity index (χ1n) is 8.35. The average molecular weight is 415 g/mol. The van der Waals surface area contributed by atoms with Gasteiger partial charge in [0, 0.05) is 5.75 Å². The second kappa shape index (κ2) is 9.94. The van der Waals surface area contributed by atoms with E-state index in [2.05, 4.69) is 15.5 Å². The Kier molecular flexibility index (Phi) is 7.08. The van der Waals surface area contributed by atoms with Gasteiger partial charge in [-0.3, -0.25) is 0 Å². The number of hydrogen-bond donors (Lipinski definition) is 2. The Morgan fingerprint density at radius 3 is 2.75 bits per heavy atom. The number of nitrogens with zero attached hydrogens (tertiary/aromatic N) is 3. The second-order valence-corrected chi connectivity index (χ2v) is 7.86. The molecular weight excluding hydrogens is 396 g/mol. The molecule has 3 rings (SSSR count). The van der Waals surface area contributed by atoms with Crippen molar-refractivity contribution in [3.63, 3.8) is 0 Å². The van der Waals surface area contributed by atoms with Gasteiger partial charge in [0.2, 0.25) is 5.13 Å². The van der Waals surface area contributed by atoms with Gasteiger partial charge in [-0.05, 0) is 36.4 Å². The summed E-state index contributed by atoms with van der Waals surface area (Å²) in [4.78, 5) is 0. The second-order valence-electron chi connectivity index (χ2n) is 5.61. The standard InChI is InChI=1S/C19H18N4O3S2/c1-25-17-5-3-2-4-16(17)21-18-22-23-19(28-18)27-12-14(24)11-26-15-8-6-13(10-20)7-9-15/h2-9,14,24H,11-12H2,1H3,(H,21,22). The summed E-state index contributed by atoms with van der Waals surface area (Å²) < 4.78 is 11.6. The largest absolute Gasteiger partial charge is 0.495 e. The summed E-state index contributed by atoms with van der Waals surface area (Å²) in [6.45, 7) is 0.157. The molecule has 2 aromatic carbocycles. The minimum Gasteiger partial charge on any atom is -0.495 e. The molecule has 1 unspecified atom stereocenters. The maximum absolute atomic E-state index is 10.1. The van der Waals surface area contributed by atoms with Gasteiger partial charge in [-0.1, -0.05) is 35.2 Å². The number of nitrogens with one attached hydrogen (secondary N) is 1. The summed E-state index contributed by atoms with van der Waals surface area (Å²) in [5, 5.41) is 31.0. The highest BCUT2D eigenvalue weighted by atomic mass is 32.2. The van der Waals surface area contributed by atoms with Crippen LogP contribution in [0.4, 0.5) is 10.8 Å². The molecule has 0 radical (unpaired) electrons. The van der Waals surface area contributed by atoms with E-state index in [0.717, 1.165) is 15.8 Å². The predicted octanol–water partition coefficient (Wildman–Crippen LogP) is 3.69. The Morgan fingerprint density at radius 2 is 2.00 bits per heavy atom. The molecule has 1 atom stereocenters. The number of para-hydroxylation sites is 2. The minimum atomic E-state index is -0.657. The summed E-state index contributed by atoms with van der Waals surface area (Å²) in [5.41, 5.74) is 1.38. The number of ether oxygens (including phenoxy) is 2. The van der Waals surface area contributed by atoms with Crippen LogP contribution < -0.4 is 14.8 Å². The average Bonchev–Trinajstić information content (AvgIpc) is 3.19. The van der Waals surface area contributed by atoms with E-state index < -0.39 is 6.10 Å². The first-order chi connectivity index (χ1) is 13.7. The van der Waals surface area contributed by atoms with Crippen LogP contribution in [0, 0.1) is 11.3 Å². The highest BCUT2D eigenvalue weighted by molar-refractivity contribution is 8.01. The van der Waals surface area contributed by atoms with Crippen molar-refractivity contribution in [2.24, 2.45) is 0 Å². The zero-order valence-corrected chi connectivity index (χ0v) is 16.7. The molecule has 0 spiro atoms. The van der Waals surface area contributed by atoms with Gasteiger partial charge in [-0.15, -0.1) is 10.2 Å². The lowest BCUT2D eigenvalue weighted by Gasteiger charge is -2.11. The molecule has 0 aliphatic heterocycles. The molecule has 0 aliphatic carbocycles. The number of aliphatic hydroxyl groups is 1. The Morgan fingerprint density at radius 1 is 1.21 bits per heavy atom. The van der Waals surface area contributed by atoms with Crippen molar-refractivity contribution in [2.45, 2.75) is 10.4 Å². The van der Waals surface area contributed by atoms with E-state index in [-0.39, 0.29) is 6.61 Å².